The minimum Gasteiger partial charge on any atom is -0.425 e. The molecule has 7 heteroatoms. The van der Waals surface area contributed by atoms with E-state index in [9.17, 15) is 13.2 Å². The summed E-state index contributed by atoms with van der Waals surface area (Å²) in [6.07, 6.45) is 0.884. The zero-order valence-electron chi connectivity index (χ0n) is 14.2. The second-order valence-corrected chi connectivity index (χ2v) is 8.64. The molecule has 0 aliphatic carbocycles. The van der Waals surface area contributed by atoms with E-state index >= 15 is 0 Å². The molecular weight excluding hydrogens is 374 g/mol. The molecule has 5 nitrogen and oxygen atoms in total. The molecule has 0 atom stereocenters. The van der Waals surface area contributed by atoms with Crippen LogP contribution < -0.4 is 4.74 Å². The van der Waals surface area contributed by atoms with Gasteiger partial charge < -0.3 is 4.74 Å². The number of esters is 1. The van der Waals surface area contributed by atoms with Crippen molar-refractivity contribution in [3.63, 3.8) is 0 Å². The van der Waals surface area contributed by atoms with Crippen LogP contribution in [0.1, 0.15) is 18.4 Å². The van der Waals surface area contributed by atoms with Gasteiger partial charge in [0.05, 0.1) is 16.7 Å². The summed E-state index contributed by atoms with van der Waals surface area (Å²) in [5.74, 6) is -0.381. The first-order valence-corrected chi connectivity index (χ1v) is 10.4. The summed E-state index contributed by atoms with van der Waals surface area (Å²) in [7, 11) is -3.39. The van der Waals surface area contributed by atoms with Gasteiger partial charge in [-0.25, -0.2) is 12.7 Å². The van der Waals surface area contributed by atoms with E-state index < -0.39 is 10.0 Å². The fourth-order valence-electron chi connectivity index (χ4n) is 2.97. The topological polar surface area (TPSA) is 63.7 Å². The summed E-state index contributed by atoms with van der Waals surface area (Å²) in [4.78, 5) is 12.3. The van der Waals surface area contributed by atoms with Gasteiger partial charge in [-0.05, 0) is 30.5 Å². The molecule has 0 radical (unpaired) electrons. The first kappa shape index (κ1) is 18.9. The molecule has 1 heterocycles. The van der Waals surface area contributed by atoms with Gasteiger partial charge in [-0.2, -0.15) is 0 Å². The zero-order chi connectivity index (χ0) is 18.6. The molecule has 26 heavy (non-hydrogen) atoms. The fraction of sp³-hybridized carbons (Fsp3) is 0.316. The number of benzene rings is 2. The van der Waals surface area contributed by atoms with Crippen LogP contribution in [0.3, 0.4) is 0 Å². The minimum absolute atomic E-state index is 0.0252. The molecule has 2 aromatic carbocycles. The van der Waals surface area contributed by atoms with E-state index in [-0.39, 0.29) is 17.6 Å². The van der Waals surface area contributed by atoms with Crippen LogP contribution in [0.15, 0.2) is 54.6 Å². The highest BCUT2D eigenvalue weighted by molar-refractivity contribution is 7.88. The molecule has 1 aliphatic heterocycles. The largest absolute Gasteiger partial charge is 0.425 e. The average molecular weight is 394 g/mol. The number of carbonyl (C=O) groups is 1. The van der Waals surface area contributed by atoms with Crippen LogP contribution in [-0.2, 0) is 20.6 Å². The maximum absolute atomic E-state index is 12.6. The lowest BCUT2D eigenvalue weighted by molar-refractivity contribution is -0.140. The van der Waals surface area contributed by atoms with Crippen LogP contribution in [0, 0.1) is 5.92 Å². The summed E-state index contributed by atoms with van der Waals surface area (Å²) >= 11 is 6.00. The van der Waals surface area contributed by atoms with Crippen molar-refractivity contribution < 1.29 is 17.9 Å². The summed E-state index contributed by atoms with van der Waals surface area (Å²) in [6, 6.07) is 15.9. The summed E-state index contributed by atoms with van der Waals surface area (Å²) in [5, 5.41) is 0.378. The Morgan fingerprint density at radius 3 is 2.31 bits per heavy atom. The smallest absolute Gasteiger partial charge is 0.314 e. The molecule has 1 fully saturated rings. The van der Waals surface area contributed by atoms with Crippen molar-refractivity contribution in [1.29, 1.82) is 0 Å². The molecule has 0 saturated carbocycles. The van der Waals surface area contributed by atoms with Gasteiger partial charge in [0.25, 0.3) is 0 Å². The van der Waals surface area contributed by atoms with E-state index in [1.54, 1.807) is 36.4 Å². The van der Waals surface area contributed by atoms with Crippen molar-refractivity contribution in [2.45, 2.75) is 18.6 Å². The maximum Gasteiger partial charge on any atom is 0.314 e. The summed E-state index contributed by atoms with van der Waals surface area (Å²) in [6.45, 7) is 0.634. The van der Waals surface area contributed by atoms with Gasteiger partial charge in [-0.1, -0.05) is 54.1 Å². The van der Waals surface area contributed by atoms with Crippen molar-refractivity contribution in [3.05, 3.63) is 65.2 Å². The maximum atomic E-state index is 12.6. The van der Waals surface area contributed by atoms with Gasteiger partial charge >= 0.3 is 5.97 Å². The van der Waals surface area contributed by atoms with Gasteiger partial charge in [0, 0.05) is 13.1 Å². The predicted octanol–water partition coefficient (Wildman–Crippen LogP) is 3.49. The second-order valence-electron chi connectivity index (χ2n) is 6.27. The van der Waals surface area contributed by atoms with E-state index in [0.29, 0.717) is 36.7 Å². The van der Waals surface area contributed by atoms with E-state index in [1.165, 1.54) is 4.31 Å². The SMILES string of the molecule is O=C(Oc1ccccc1Cl)C1CCN(S(=O)(=O)Cc2ccccc2)CC1. The molecular formula is C19H20ClNO4S. The molecule has 2 aromatic rings. The first-order chi connectivity index (χ1) is 12.5. The average Bonchev–Trinajstić information content (AvgIpc) is 2.64. The lowest BCUT2D eigenvalue weighted by Gasteiger charge is -2.30. The quantitative estimate of drug-likeness (QED) is 0.576. The van der Waals surface area contributed by atoms with E-state index in [4.69, 9.17) is 16.3 Å². The first-order valence-electron chi connectivity index (χ1n) is 8.44. The number of sulfonamides is 1. The van der Waals surface area contributed by atoms with Crippen molar-refractivity contribution in [1.82, 2.24) is 4.31 Å². The molecule has 0 spiro atoms. The van der Waals surface area contributed by atoms with Gasteiger partial charge in [0.15, 0.2) is 0 Å². The molecule has 3 rings (SSSR count). The molecule has 0 N–H and O–H groups in total. The molecule has 0 unspecified atom stereocenters. The number of halogens is 1. The summed E-state index contributed by atoms with van der Waals surface area (Å²) < 4.78 is 31.9. The third-order valence-corrected chi connectivity index (χ3v) is 6.58. The Labute approximate surface area is 158 Å². The Hall–Kier alpha value is -1.89. The molecule has 1 aliphatic rings. The van der Waals surface area contributed by atoms with Gasteiger partial charge in [0.1, 0.15) is 5.75 Å². The van der Waals surface area contributed by atoms with Crippen molar-refractivity contribution >= 4 is 27.6 Å². The predicted molar refractivity (Wildman–Crippen MR) is 100 cm³/mol. The number of piperidine rings is 1. The third kappa shape index (κ3) is 4.63. The monoisotopic (exact) mass is 393 g/mol. The van der Waals surface area contributed by atoms with Gasteiger partial charge in [-0.15, -0.1) is 0 Å². The standard InChI is InChI=1S/C19H20ClNO4S/c20-17-8-4-5-9-18(17)25-19(22)16-10-12-21(13-11-16)26(23,24)14-15-6-2-1-3-7-15/h1-9,16H,10-14H2. The van der Waals surface area contributed by atoms with E-state index in [0.717, 1.165) is 5.56 Å². The minimum atomic E-state index is -3.39. The lowest BCUT2D eigenvalue weighted by Crippen LogP contribution is -2.41. The summed E-state index contributed by atoms with van der Waals surface area (Å²) in [5.41, 5.74) is 0.757. The number of ether oxygens (including phenoxy) is 1. The zero-order valence-corrected chi connectivity index (χ0v) is 15.7. The fourth-order valence-corrected chi connectivity index (χ4v) is 4.70. The molecule has 0 aromatic heterocycles. The third-order valence-electron chi connectivity index (χ3n) is 4.42. The lowest BCUT2D eigenvalue weighted by atomic mass is 9.98. The molecule has 138 valence electrons. The van der Waals surface area contributed by atoms with Gasteiger partial charge in [-0.3, -0.25) is 4.79 Å². The number of rotatable bonds is 5. The van der Waals surface area contributed by atoms with Crippen LogP contribution in [0.25, 0.3) is 0 Å². The van der Waals surface area contributed by atoms with Crippen LogP contribution in [0.5, 0.6) is 5.75 Å². The Morgan fingerprint density at radius 1 is 1.04 bits per heavy atom. The van der Waals surface area contributed by atoms with Crippen LogP contribution in [0.4, 0.5) is 0 Å². The highest BCUT2D eigenvalue weighted by Crippen LogP contribution is 2.27. The van der Waals surface area contributed by atoms with Crippen molar-refractivity contribution in [3.8, 4) is 5.75 Å². The van der Waals surface area contributed by atoms with Crippen molar-refractivity contribution in [2.75, 3.05) is 13.1 Å². The van der Waals surface area contributed by atoms with Crippen LogP contribution >= 0.6 is 11.6 Å². The van der Waals surface area contributed by atoms with Gasteiger partial charge in [0.2, 0.25) is 10.0 Å². The highest BCUT2D eigenvalue weighted by atomic mass is 35.5. The number of carbonyl (C=O) groups excluding carboxylic acids is 1. The Morgan fingerprint density at radius 2 is 1.65 bits per heavy atom. The Bertz CT molecular complexity index is 862. The normalized spacial score (nSPS) is 16.3. The number of para-hydroxylation sites is 1. The second kappa shape index (κ2) is 8.20. The van der Waals surface area contributed by atoms with Crippen LogP contribution in [-0.4, -0.2) is 31.8 Å². The number of nitrogens with zero attached hydrogens (tertiary/aromatic N) is 1. The Kier molecular flexibility index (Phi) is 5.96. The highest BCUT2D eigenvalue weighted by Gasteiger charge is 2.32. The number of hydrogen-bond acceptors (Lipinski definition) is 4. The molecule has 0 amide bonds. The van der Waals surface area contributed by atoms with Crippen LogP contribution in [0.2, 0.25) is 5.02 Å². The molecule has 0 bridgehead atoms. The van der Waals surface area contributed by atoms with E-state index in [1.807, 2.05) is 18.2 Å². The number of hydrogen-bond donors (Lipinski definition) is 0. The molecule has 1 saturated heterocycles. The van der Waals surface area contributed by atoms with Crippen molar-refractivity contribution in [2.24, 2.45) is 5.92 Å². The Balaban J connectivity index is 1.57. The van der Waals surface area contributed by atoms with E-state index in [2.05, 4.69) is 0 Å².